The third-order valence-corrected chi connectivity index (χ3v) is 3.55. The van der Waals surface area contributed by atoms with E-state index < -0.39 is 0 Å². The first kappa shape index (κ1) is 16.0. The average Bonchev–Trinajstić information content (AvgIpc) is 2.37. The normalized spacial score (nSPS) is 17.7. The van der Waals surface area contributed by atoms with E-state index in [9.17, 15) is 9.59 Å². The van der Waals surface area contributed by atoms with Crippen molar-refractivity contribution in [3.63, 3.8) is 0 Å². The van der Waals surface area contributed by atoms with Gasteiger partial charge in [-0.25, -0.2) is 0 Å². The number of hydrogen-bond donors (Lipinski definition) is 1. The fraction of sp³-hybridized carbons (Fsp3) is 0.857. The van der Waals surface area contributed by atoms with Gasteiger partial charge in [-0.05, 0) is 18.9 Å². The number of nitrogens with zero attached hydrogens (tertiary/aromatic N) is 2. The van der Waals surface area contributed by atoms with E-state index in [4.69, 9.17) is 5.73 Å². The van der Waals surface area contributed by atoms with Crippen molar-refractivity contribution < 1.29 is 9.59 Å². The van der Waals surface area contributed by atoms with Gasteiger partial charge in [-0.2, -0.15) is 0 Å². The number of carbonyl (C=O) groups excluding carboxylic acids is 2. The molecule has 1 aliphatic rings. The lowest BCUT2D eigenvalue weighted by molar-refractivity contribution is -0.142. The number of piperazine rings is 1. The average molecular weight is 269 g/mol. The van der Waals surface area contributed by atoms with Crippen molar-refractivity contribution in [3.8, 4) is 0 Å². The summed E-state index contributed by atoms with van der Waals surface area (Å²) in [4.78, 5) is 27.8. The van der Waals surface area contributed by atoms with E-state index in [0.717, 1.165) is 6.42 Å². The molecule has 5 nitrogen and oxygen atoms in total. The largest absolute Gasteiger partial charge is 0.339 e. The second kappa shape index (κ2) is 7.48. The Balaban J connectivity index is 2.40. The Morgan fingerprint density at radius 1 is 1.05 bits per heavy atom. The van der Waals surface area contributed by atoms with Crippen LogP contribution in [0.3, 0.4) is 0 Å². The molecule has 0 bridgehead atoms. The summed E-state index contributed by atoms with van der Waals surface area (Å²) in [6.07, 6.45) is 1.32. The van der Waals surface area contributed by atoms with Crippen molar-refractivity contribution in [1.29, 1.82) is 0 Å². The van der Waals surface area contributed by atoms with Gasteiger partial charge < -0.3 is 15.5 Å². The molecule has 1 saturated heterocycles. The molecule has 1 rings (SSSR count). The van der Waals surface area contributed by atoms with Crippen LogP contribution in [0.15, 0.2) is 0 Å². The summed E-state index contributed by atoms with van der Waals surface area (Å²) >= 11 is 0. The van der Waals surface area contributed by atoms with Crippen molar-refractivity contribution >= 4 is 11.8 Å². The quantitative estimate of drug-likeness (QED) is 0.798. The second-order valence-corrected chi connectivity index (χ2v) is 5.78. The molecule has 2 amide bonds. The Morgan fingerprint density at radius 2 is 1.58 bits per heavy atom. The topological polar surface area (TPSA) is 66.6 Å². The van der Waals surface area contributed by atoms with Gasteiger partial charge in [0.25, 0.3) is 0 Å². The van der Waals surface area contributed by atoms with Gasteiger partial charge >= 0.3 is 0 Å². The van der Waals surface area contributed by atoms with E-state index in [1.54, 1.807) is 0 Å². The summed E-state index contributed by atoms with van der Waals surface area (Å²) < 4.78 is 0. The zero-order chi connectivity index (χ0) is 14.4. The highest BCUT2D eigenvalue weighted by molar-refractivity contribution is 5.80. The van der Waals surface area contributed by atoms with E-state index >= 15 is 0 Å². The number of nitrogens with two attached hydrogens (primary N) is 1. The number of carbonyl (C=O) groups is 2. The first-order valence-corrected chi connectivity index (χ1v) is 7.22. The van der Waals surface area contributed by atoms with Gasteiger partial charge in [0.2, 0.25) is 11.8 Å². The van der Waals surface area contributed by atoms with Crippen LogP contribution in [0, 0.1) is 11.8 Å². The van der Waals surface area contributed by atoms with Crippen LogP contribution in [0.5, 0.6) is 0 Å². The minimum atomic E-state index is -0.0112. The summed E-state index contributed by atoms with van der Waals surface area (Å²) in [6.45, 7) is 9.18. The van der Waals surface area contributed by atoms with E-state index in [1.165, 1.54) is 0 Å². The Morgan fingerprint density at radius 3 is 2.05 bits per heavy atom. The van der Waals surface area contributed by atoms with Crippen molar-refractivity contribution in [2.75, 3.05) is 32.7 Å². The molecule has 0 aromatic carbocycles. The molecular weight excluding hydrogens is 242 g/mol. The van der Waals surface area contributed by atoms with E-state index in [1.807, 2.05) is 30.6 Å². The first-order chi connectivity index (χ1) is 8.95. The van der Waals surface area contributed by atoms with Gasteiger partial charge in [-0.3, -0.25) is 9.59 Å². The molecule has 1 atom stereocenters. The zero-order valence-electron chi connectivity index (χ0n) is 12.4. The minimum Gasteiger partial charge on any atom is -0.339 e. The van der Waals surface area contributed by atoms with Gasteiger partial charge in [0.15, 0.2) is 0 Å². The smallest absolute Gasteiger partial charge is 0.225 e. The van der Waals surface area contributed by atoms with Crippen LogP contribution in [-0.4, -0.2) is 54.3 Å². The number of amides is 2. The van der Waals surface area contributed by atoms with Crippen LogP contribution >= 0.6 is 0 Å². The molecule has 19 heavy (non-hydrogen) atoms. The molecule has 0 aromatic heterocycles. The summed E-state index contributed by atoms with van der Waals surface area (Å²) in [5, 5.41) is 0. The van der Waals surface area contributed by atoms with Crippen LogP contribution in [0.1, 0.15) is 33.6 Å². The summed E-state index contributed by atoms with van der Waals surface area (Å²) in [7, 11) is 0. The summed E-state index contributed by atoms with van der Waals surface area (Å²) in [6, 6.07) is 0. The Hall–Kier alpha value is -1.10. The highest BCUT2D eigenvalue weighted by Crippen LogP contribution is 2.12. The monoisotopic (exact) mass is 269 g/mol. The second-order valence-electron chi connectivity index (χ2n) is 5.78. The molecule has 1 aliphatic heterocycles. The summed E-state index contributed by atoms with van der Waals surface area (Å²) in [5.74, 6) is 0.748. The first-order valence-electron chi connectivity index (χ1n) is 7.22. The van der Waals surface area contributed by atoms with E-state index in [-0.39, 0.29) is 17.7 Å². The highest BCUT2D eigenvalue weighted by Gasteiger charge is 2.26. The number of hydrogen-bond acceptors (Lipinski definition) is 3. The molecule has 2 N–H and O–H groups in total. The van der Waals surface area contributed by atoms with Crippen LogP contribution in [0.4, 0.5) is 0 Å². The number of rotatable bonds is 5. The highest BCUT2D eigenvalue weighted by atomic mass is 16.2. The molecule has 0 spiro atoms. The van der Waals surface area contributed by atoms with Crippen molar-refractivity contribution in [1.82, 2.24) is 9.80 Å². The van der Waals surface area contributed by atoms with Gasteiger partial charge in [0.1, 0.15) is 0 Å². The van der Waals surface area contributed by atoms with Crippen molar-refractivity contribution in [2.45, 2.75) is 33.6 Å². The van der Waals surface area contributed by atoms with Gasteiger partial charge in [0, 0.05) is 38.5 Å². The lowest BCUT2D eigenvalue weighted by atomic mass is 10.1. The molecule has 110 valence electrons. The van der Waals surface area contributed by atoms with Crippen LogP contribution < -0.4 is 5.73 Å². The maximum absolute atomic E-state index is 12.1. The fourth-order valence-electron chi connectivity index (χ4n) is 2.34. The molecule has 1 unspecified atom stereocenters. The predicted molar refractivity (Wildman–Crippen MR) is 75.5 cm³/mol. The Labute approximate surface area is 116 Å². The fourth-order valence-corrected chi connectivity index (χ4v) is 2.34. The molecule has 0 aliphatic carbocycles. The third-order valence-electron chi connectivity index (χ3n) is 3.55. The molecule has 0 aromatic rings. The SMILES string of the molecule is CC(C)CC(=O)N1CCN(C(=O)C(C)CCN)CC1. The Bertz CT molecular complexity index is 310. The maximum atomic E-state index is 12.1. The molecular formula is C14H27N3O2. The molecule has 0 saturated carbocycles. The molecule has 5 heteroatoms. The van der Waals surface area contributed by atoms with Crippen LogP contribution in [0.2, 0.25) is 0 Å². The van der Waals surface area contributed by atoms with E-state index in [0.29, 0.717) is 45.1 Å². The molecule has 1 heterocycles. The van der Waals surface area contributed by atoms with Crippen LogP contribution in [0.25, 0.3) is 0 Å². The maximum Gasteiger partial charge on any atom is 0.225 e. The third kappa shape index (κ3) is 4.82. The van der Waals surface area contributed by atoms with Crippen LogP contribution in [-0.2, 0) is 9.59 Å². The van der Waals surface area contributed by atoms with E-state index in [2.05, 4.69) is 0 Å². The minimum absolute atomic E-state index is 0.0112. The van der Waals surface area contributed by atoms with Gasteiger partial charge in [-0.15, -0.1) is 0 Å². The lowest BCUT2D eigenvalue weighted by Gasteiger charge is -2.36. The lowest BCUT2D eigenvalue weighted by Crippen LogP contribution is -2.52. The molecule has 1 fully saturated rings. The predicted octanol–water partition coefficient (Wildman–Crippen LogP) is 0.688. The zero-order valence-corrected chi connectivity index (χ0v) is 12.4. The standard InChI is InChI=1S/C14H27N3O2/c1-11(2)10-13(18)16-6-8-17(9-7-16)14(19)12(3)4-5-15/h11-12H,4-10,15H2,1-3H3. The summed E-state index contributed by atoms with van der Waals surface area (Å²) in [5.41, 5.74) is 5.48. The Kier molecular flexibility index (Phi) is 6.28. The molecule has 0 radical (unpaired) electrons. The van der Waals surface area contributed by atoms with Crippen molar-refractivity contribution in [3.05, 3.63) is 0 Å². The van der Waals surface area contributed by atoms with Gasteiger partial charge in [0.05, 0.1) is 0 Å². The van der Waals surface area contributed by atoms with Crippen molar-refractivity contribution in [2.24, 2.45) is 17.6 Å². The van der Waals surface area contributed by atoms with Gasteiger partial charge in [-0.1, -0.05) is 20.8 Å².